The number of phenolic OH excluding ortho intramolecular Hbond substituents is 1. The van der Waals surface area contributed by atoms with Crippen LogP contribution in [0.2, 0.25) is 0 Å². The number of hydrogen-bond donors (Lipinski definition) is 1. The Morgan fingerprint density at radius 3 is 2.67 bits per heavy atom. The molecule has 0 aliphatic carbocycles. The number of morpholine rings is 1. The summed E-state index contributed by atoms with van der Waals surface area (Å²) < 4.78 is 30.8. The molecule has 1 heterocycles. The molecule has 2 rings (SSSR count). The van der Waals surface area contributed by atoms with Crippen LogP contribution in [0, 0.1) is 11.3 Å². The van der Waals surface area contributed by atoms with Gasteiger partial charge in [-0.15, -0.1) is 0 Å². The molecule has 1 aliphatic heterocycles. The lowest BCUT2D eigenvalue weighted by molar-refractivity contribution is 0.0311. The molecule has 1 fully saturated rings. The van der Waals surface area contributed by atoms with E-state index in [4.69, 9.17) is 15.1 Å². The van der Waals surface area contributed by atoms with Crippen LogP contribution >= 0.6 is 0 Å². The minimum absolute atomic E-state index is 0.00540. The van der Waals surface area contributed by atoms with Crippen molar-refractivity contribution in [1.29, 1.82) is 5.26 Å². The molecule has 7 heteroatoms. The van der Waals surface area contributed by atoms with Crippen molar-refractivity contribution >= 4 is 10.0 Å². The SMILES string of the molecule is N#CC1CN(S(=O)(=O)c2ccc(O)cc2)CCO1. The highest BCUT2D eigenvalue weighted by Crippen LogP contribution is 2.20. The zero-order valence-electron chi connectivity index (χ0n) is 9.48. The fourth-order valence-electron chi connectivity index (χ4n) is 1.69. The van der Waals surface area contributed by atoms with Crippen molar-refractivity contribution in [2.45, 2.75) is 11.0 Å². The summed E-state index contributed by atoms with van der Waals surface area (Å²) in [5.74, 6) is 0.00540. The summed E-state index contributed by atoms with van der Waals surface area (Å²) in [6, 6.07) is 7.20. The van der Waals surface area contributed by atoms with Crippen molar-refractivity contribution in [3.8, 4) is 11.8 Å². The van der Waals surface area contributed by atoms with E-state index in [1.807, 2.05) is 6.07 Å². The lowest BCUT2D eigenvalue weighted by Crippen LogP contribution is -2.44. The first-order valence-corrected chi connectivity index (χ1v) is 6.78. The number of nitrogens with zero attached hydrogens (tertiary/aromatic N) is 2. The van der Waals surface area contributed by atoms with Crippen LogP contribution < -0.4 is 0 Å². The highest BCUT2D eigenvalue weighted by Gasteiger charge is 2.30. The van der Waals surface area contributed by atoms with Gasteiger partial charge in [0.2, 0.25) is 10.0 Å². The molecule has 1 atom stereocenters. The molecule has 0 amide bonds. The second kappa shape index (κ2) is 4.94. The predicted octanol–water partition coefficient (Wildman–Crippen LogP) is 0.305. The molecular formula is C11H12N2O4S. The summed E-state index contributed by atoms with van der Waals surface area (Å²) in [5, 5.41) is 17.9. The van der Waals surface area contributed by atoms with Crippen molar-refractivity contribution < 1.29 is 18.3 Å². The van der Waals surface area contributed by atoms with E-state index in [0.717, 1.165) is 0 Å². The topological polar surface area (TPSA) is 90.6 Å². The van der Waals surface area contributed by atoms with Gasteiger partial charge in [-0.05, 0) is 24.3 Å². The van der Waals surface area contributed by atoms with Gasteiger partial charge in [-0.1, -0.05) is 0 Å². The number of rotatable bonds is 2. The smallest absolute Gasteiger partial charge is 0.243 e. The van der Waals surface area contributed by atoms with Crippen LogP contribution in [-0.2, 0) is 14.8 Å². The van der Waals surface area contributed by atoms with Crippen molar-refractivity contribution in [3.63, 3.8) is 0 Å². The molecule has 1 N–H and O–H groups in total. The molecule has 0 aromatic heterocycles. The molecule has 0 radical (unpaired) electrons. The maximum absolute atomic E-state index is 12.2. The number of ether oxygens (including phenoxy) is 1. The van der Waals surface area contributed by atoms with E-state index in [2.05, 4.69) is 0 Å². The Morgan fingerprint density at radius 2 is 2.06 bits per heavy atom. The van der Waals surface area contributed by atoms with Crippen LogP contribution in [0.5, 0.6) is 5.75 Å². The van der Waals surface area contributed by atoms with E-state index in [-0.39, 0.29) is 30.3 Å². The standard InChI is InChI=1S/C11H12N2O4S/c12-7-10-8-13(5-6-17-10)18(15,16)11-3-1-9(14)2-4-11/h1-4,10,14H,5-6,8H2. The predicted molar refractivity (Wildman–Crippen MR) is 62.2 cm³/mol. The second-order valence-electron chi connectivity index (χ2n) is 3.85. The molecule has 18 heavy (non-hydrogen) atoms. The Labute approximate surface area is 105 Å². The maximum atomic E-state index is 12.2. The number of phenols is 1. The number of sulfonamides is 1. The molecule has 1 aromatic carbocycles. The van der Waals surface area contributed by atoms with Gasteiger partial charge in [0.1, 0.15) is 5.75 Å². The Bertz CT molecular complexity index is 562. The highest BCUT2D eigenvalue weighted by molar-refractivity contribution is 7.89. The molecule has 0 saturated carbocycles. The summed E-state index contributed by atoms with van der Waals surface area (Å²) >= 11 is 0. The lowest BCUT2D eigenvalue weighted by atomic mass is 10.3. The minimum atomic E-state index is -3.63. The van der Waals surface area contributed by atoms with Crippen LogP contribution in [-0.4, -0.2) is 43.6 Å². The first-order chi connectivity index (χ1) is 8.54. The highest BCUT2D eigenvalue weighted by atomic mass is 32.2. The van der Waals surface area contributed by atoms with E-state index >= 15 is 0 Å². The average Bonchev–Trinajstić information content (AvgIpc) is 2.39. The summed E-state index contributed by atoms with van der Waals surface area (Å²) in [6.07, 6.45) is -0.731. The zero-order chi connectivity index (χ0) is 13.2. The fourth-order valence-corrected chi connectivity index (χ4v) is 3.11. The van der Waals surface area contributed by atoms with E-state index < -0.39 is 16.1 Å². The summed E-state index contributed by atoms with van der Waals surface area (Å²) in [7, 11) is -3.63. The lowest BCUT2D eigenvalue weighted by Gasteiger charge is -2.28. The van der Waals surface area contributed by atoms with Crippen LogP contribution in [0.15, 0.2) is 29.2 Å². The first kappa shape index (κ1) is 12.8. The Hall–Kier alpha value is -1.62. The Morgan fingerprint density at radius 1 is 1.39 bits per heavy atom. The number of aromatic hydroxyl groups is 1. The van der Waals surface area contributed by atoms with Gasteiger partial charge in [-0.2, -0.15) is 9.57 Å². The summed E-state index contributed by atoms with van der Waals surface area (Å²) in [4.78, 5) is 0.0962. The van der Waals surface area contributed by atoms with Gasteiger partial charge in [0.15, 0.2) is 6.10 Å². The second-order valence-corrected chi connectivity index (χ2v) is 5.78. The van der Waals surface area contributed by atoms with Crippen LogP contribution in [0.4, 0.5) is 0 Å². The number of nitriles is 1. The molecule has 1 unspecified atom stereocenters. The van der Waals surface area contributed by atoms with E-state index in [9.17, 15) is 8.42 Å². The van der Waals surface area contributed by atoms with Crippen molar-refractivity contribution in [2.75, 3.05) is 19.7 Å². The zero-order valence-corrected chi connectivity index (χ0v) is 10.3. The third kappa shape index (κ3) is 2.46. The van der Waals surface area contributed by atoms with Gasteiger partial charge in [-0.3, -0.25) is 0 Å². The Kier molecular flexibility index (Phi) is 3.52. The Balaban J connectivity index is 2.26. The molecule has 1 aromatic rings. The van der Waals surface area contributed by atoms with Crippen molar-refractivity contribution in [2.24, 2.45) is 0 Å². The largest absolute Gasteiger partial charge is 0.508 e. The fraction of sp³-hybridized carbons (Fsp3) is 0.364. The first-order valence-electron chi connectivity index (χ1n) is 5.34. The molecule has 0 spiro atoms. The molecule has 6 nitrogen and oxygen atoms in total. The summed E-state index contributed by atoms with van der Waals surface area (Å²) in [6.45, 7) is 0.455. The van der Waals surface area contributed by atoms with Gasteiger partial charge >= 0.3 is 0 Å². The van der Waals surface area contributed by atoms with E-state index in [1.54, 1.807) is 0 Å². The normalized spacial score (nSPS) is 21.4. The van der Waals surface area contributed by atoms with Crippen molar-refractivity contribution in [1.82, 2.24) is 4.31 Å². The van der Waals surface area contributed by atoms with Crippen molar-refractivity contribution in [3.05, 3.63) is 24.3 Å². The van der Waals surface area contributed by atoms with Crippen LogP contribution in [0.25, 0.3) is 0 Å². The molecule has 0 bridgehead atoms. The monoisotopic (exact) mass is 268 g/mol. The van der Waals surface area contributed by atoms with Gasteiger partial charge in [0.05, 0.1) is 24.1 Å². The number of benzene rings is 1. The van der Waals surface area contributed by atoms with Crippen LogP contribution in [0.3, 0.4) is 0 Å². The molecule has 96 valence electrons. The van der Waals surface area contributed by atoms with Gasteiger partial charge in [0.25, 0.3) is 0 Å². The van der Waals surface area contributed by atoms with E-state index in [1.165, 1.54) is 28.6 Å². The van der Waals surface area contributed by atoms with Gasteiger partial charge in [-0.25, -0.2) is 8.42 Å². The third-order valence-corrected chi connectivity index (χ3v) is 4.53. The van der Waals surface area contributed by atoms with E-state index in [0.29, 0.717) is 0 Å². The van der Waals surface area contributed by atoms with Gasteiger partial charge < -0.3 is 9.84 Å². The van der Waals surface area contributed by atoms with Gasteiger partial charge in [0, 0.05) is 6.54 Å². The molecular weight excluding hydrogens is 256 g/mol. The molecule has 1 saturated heterocycles. The number of hydrogen-bond acceptors (Lipinski definition) is 5. The minimum Gasteiger partial charge on any atom is -0.508 e. The molecule has 1 aliphatic rings. The van der Waals surface area contributed by atoms with Crippen LogP contribution in [0.1, 0.15) is 0 Å². The average molecular weight is 268 g/mol. The summed E-state index contributed by atoms with van der Waals surface area (Å²) in [5.41, 5.74) is 0. The third-order valence-electron chi connectivity index (χ3n) is 2.65. The quantitative estimate of drug-likeness (QED) is 0.833. The maximum Gasteiger partial charge on any atom is 0.243 e.